The lowest BCUT2D eigenvalue weighted by molar-refractivity contribution is -0.270. The van der Waals surface area contributed by atoms with Gasteiger partial charge in [-0.15, -0.1) is 0 Å². The molecule has 0 heterocycles. The normalized spacial score (nSPS) is 13.8. The minimum absolute atomic E-state index is 0.914. The molecule has 0 spiro atoms. The summed E-state index contributed by atoms with van der Waals surface area (Å²) in [6, 6.07) is 0. The van der Waals surface area contributed by atoms with Crippen LogP contribution in [0.15, 0.2) is 0 Å². The van der Waals surface area contributed by atoms with Crippen molar-refractivity contribution in [2.75, 3.05) is 13.2 Å². The second kappa shape index (κ2) is 4.50. The van der Waals surface area contributed by atoms with E-state index in [-0.39, 0.29) is 0 Å². The van der Waals surface area contributed by atoms with Crippen LogP contribution in [0.5, 0.6) is 0 Å². The molecule has 3 N–H and O–H groups in total. The molecule has 0 saturated carbocycles. The van der Waals surface area contributed by atoms with Crippen LogP contribution in [-0.2, 0) is 4.79 Å². The van der Waals surface area contributed by atoms with E-state index in [2.05, 4.69) is 0 Å². The predicted molar refractivity (Wildman–Crippen MR) is 41.7 cm³/mol. The maximum absolute atomic E-state index is 12.4. The Bertz CT molecular complexity index is 261. The third-order valence-corrected chi connectivity index (χ3v) is 1.75. The van der Waals surface area contributed by atoms with Gasteiger partial charge in [0.1, 0.15) is 0 Å². The number of aliphatic hydroxyl groups excluding tert-OH is 2. The highest BCUT2D eigenvalue weighted by molar-refractivity contribution is 5.85. The Balaban J connectivity index is 4.84. The maximum atomic E-state index is 12.4. The van der Waals surface area contributed by atoms with Crippen LogP contribution in [-0.4, -0.2) is 47.0 Å². The van der Waals surface area contributed by atoms with Crippen molar-refractivity contribution in [3.05, 3.63) is 0 Å². The maximum Gasteiger partial charge on any atom is 0.463 e. The molecule has 0 rings (SSSR count). The minimum atomic E-state index is -6.02. The van der Waals surface area contributed by atoms with E-state index >= 15 is 0 Å². The number of amides is 1. The summed E-state index contributed by atoms with van der Waals surface area (Å²) in [7, 11) is 0. The standard InChI is InChI=1S/C7H10F5NO3/c1-5(2-14,3-15)13-4(16)6(8,9)7(10,11)12/h14-15H,2-3H2,1H3,(H,13,16). The van der Waals surface area contributed by atoms with Gasteiger partial charge >= 0.3 is 18.0 Å². The van der Waals surface area contributed by atoms with Crippen molar-refractivity contribution >= 4 is 5.91 Å². The first-order chi connectivity index (χ1) is 7.00. The van der Waals surface area contributed by atoms with E-state index in [9.17, 15) is 26.7 Å². The fourth-order valence-corrected chi connectivity index (χ4v) is 0.610. The van der Waals surface area contributed by atoms with Gasteiger partial charge in [0.25, 0.3) is 0 Å². The quantitative estimate of drug-likeness (QED) is 0.618. The van der Waals surface area contributed by atoms with Crippen molar-refractivity contribution in [2.45, 2.75) is 24.6 Å². The van der Waals surface area contributed by atoms with Crippen LogP contribution in [0.2, 0.25) is 0 Å². The molecule has 0 saturated heterocycles. The summed E-state index contributed by atoms with van der Waals surface area (Å²) >= 11 is 0. The van der Waals surface area contributed by atoms with Crippen LogP contribution in [0.3, 0.4) is 0 Å². The summed E-state index contributed by atoms with van der Waals surface area (Å²) in [5, 5.41) is 18.4. The average Bonchev–Trinajstić information content (AvgIpc) is 2.15. The second-order valence-corrected chi connectivity index (χ2v) is 3.40. The number of hydrogen-bond donors (Lipinski definition) is 3. The molecule has 0 aliphatic rings. The molecule has 0 aliphatic carbocycles. The molecule has 1 amide bonds. The number of carbonyl (C=O) groups excluding carboxylic acids is 1. The molecule has 0 aromatic heterocycles. The second-order valence-electron chi connectivity index (χ2n) is 3.40. The SMILES string of the molecule is CC(CO)(CO)NC(=O)C(F)(F)C(F)(F)F. The minimum Gasteiger partial charge on any atom is -0.394 e. The molecule has 0 fully saturated rings. The zero-order valence-electron chi connectivity index (χ0n) is 8.11. The number of nitrogens with one attached hydrogen (secondary N) is 1. The molecule has 0 unspecified atom stereocenters. The average molecular weight is 251 g/mol. The van der Waals surface area contributed by atoms with Gasteiger partial charge in [0.05, 0.1) is 18.8 Å². The number of carbonyl (C=O) groups is 1. The highest BCUT2D eigenvalue weighted by atomic mass is 19.4. The summed E-state index contributed by atoms with van der Waals surface area (Å²) in [5.41, 5.74) is -1.94. The topological polar surface area (TPSA) is 69.6 Å². The number of rotatable bonds is 4. The van der Waals surface area contributed by atoms with Crippen molar-refractivity contribution in [3.8, 4) is 0 Å². The van der Waals surface area contributed by atoms with Gasteiger partial charge in [-0.1, -0.05) is 0 Å². The van der Waals surface area contributed by atoms with Crippen molar-refractivity contribution in [2.24, 2.45) is 0 Å². The Labute approximate surface area is 87.1 Å². The van der Waals surface area contributed by atoms with E-state index in [4.69, 9.17) is 10.2 Å². The van der Waals surface area contributed by atoms with E-state index in [1.165, 1.54) is 5.32 Å². The molecule has 9 heteroatoms. The van der Waals surface area contributed by atoms with Crippen molar-refractivity contribution < 1.29 is 37.0 Å². The Morgan fingerprint density at radius 1 is 1.12 bits per heavy atom. The molecule has 0 bridgehead atoms. The third-order valence-electron chi connectivity index (χ3n) is 1.75. The van der Waals surface area contributed by atoms with E-state index in [0.717, 1.165) is 6.92 Å². The van der Waals surface area contributed by atoms with E-state index in [1.54, 1.807) is 0 Å². The number of aliphatic hydroxyl groups is 2. The zero-order chi connectivity index (χ0) is 13.2. The third kappa shape index (κ3) is 3.01. The smallest absolute Gasteiger partial charge is 0.394 e. The van der Waals surface area contributed by atoms with E-state index in [1.807, 2.05) is 0 Å². The van der Waals surface area contributed by atoms with Crippen molar-refractivity contribution in [1.29, 1.82) is 0 Å². The van der Waals surface area contributed by atoms with Crippen LogP contribution < -0.4 is 5.32 Å². The van der Waals surface area contributed by atoms with E-state index in [0.29, 0.717) is 0 Å². The first-order valence-electron chi connectivity index (χ1n) is 3.99. The first-order valence-corrected chi connectivity index (χ1v) is 3.99. The molecule has 4 nitrogen and oxygen atoms in total. The monoisotopic (exact) mass is 251 g/mol. The number of halogens is 5. The molecular formula is C7H10F5NO3. The molecule has 96 valence electrons. The Hall–Kier alpha value is -0.960. The number of alkyl halides is 5. The summed E-state index contributed by atoms with van der Waals surface area (Å²) in [4.78, 5) is 10.6. The molecule has 16 heavy (non-hydrogen) atoms. The van der Waals surface area contributed by atoms with Crippen LogP contribution in [0.1, 0.15) is 6.92 Å². The van der Waals surface area contributed by atoms with Gasteiger partial charge in [-0.25, -0.2) is 0 Å². The lowest BCUT2D eigenvalue weighted by Gasteiger charge is -2.29. The van der Waals surface area contributed by atoms with Gasteiger partial charge < -0.3 is 15.5 Å². The summed E-state index contributed by atoms with van der Waals surface area (Å²) in [5.74, 6) is -8.19. The Kier molecular flexibility index (Phi) is 4.23. The molecule has 0 atom stereocenters. The van der Waals surface area contributed by atoms with Gasteiger partial charge in [0.2, 0.25) is 0 Å². The van der Waals surface area contributed by atoms with Gasteiger partial charge in [-0.2, -0.15) is 22.0 Å². The van der Waals surface area contributed by atoms with Crippen LogP contribution >= 0.6 is 0 Å². The summed E-state index contributed by atoms with van der Waals surface area (Å²) < 4.78 is 60.0. The lowest BCUT2D eigenvalue weighted by atomic mass is 10.0. The first kappa shape index (κ1) is 15.0. The van der Waals surface area contributed by atoms with Crippen molar-refractivity contribution in [1.82, 2.24) is 5.32 Å². The predicted octanol–water partition coefficient (Wildman–Crippen LogP) is 0.0435. The zero-order valence-corrected chi connectivity index (χ0v) is 8.11. The lowest BCUT2D eigenvalue weighted by Crippen LogP contribution is -2.59. The number of hydrogen-bond acceptors (Lipinski definition) is 3. The fourth-order valence-electron chi connectivity index (χ4n) is 0.610. The highest BCUT2D eigenvalue weighted by Crippen LogP contribution is 2.35. The fraction of sp³-hybridized carbons (Fsp3) is 0.857. The Morgan fingerprint density at radius 3 is 1.75 bits per heavy atom. The van der Waals surface area contributed by atoms with Gasteiger partial charge in [-0.3, -0.25) is 4.79 Å². The van der Waals surface area contributed by atoms with Crippen molar-refractivity contribution in [3.63, 3.8) is 0 Å². The van der Waals surface area contributed by atoms with Crippen LogP contribution in [0.25, 0.3) is 0 Å². The van der Waals surface area contributed by atoms with E-state index < -0.39 is 36.8 Å². The summed E-state index contributed by atoms with van der Waals surface area (Å²) in [6.07, 6.45) is -6.02. The molecule has 0 radical (unpaired) electrons. The molecule has 0 aliphatic heterocycles. The highest BCUT2D eigenvalue weighted by Gasteiger charge is 2.64. The van der Waals surface area contributed by atoms with Gasteiger partial charge in [0, 0.05) is 0 Å². The molecular weight excluding hydrogens is 241 g/mol. The van der Waals surface area contributed by atoms with Gasteiger partial charge in [-0.05, 0) is 6.92 Å². The van der Waals surface area contributed by atoms with Crippen LogP contribution in [0, 0.1) is 0 Å². The molecule has 0 aromatic rings. The largest absolute Gasteiger partial charge is 0.463 e. The van der Waals surface area contributed by atoms with Crippen LogP contribution in [0.4, 0.5) is 22.0 Å². The summed E-state index contributed by atoms with van der Waals surface area (Å²) in [6.45, 7) is -1.05. The molecule has 0 aromatic carbocycles. The Morgan fingerprint density at radius 2 is 1.50 bits per heavy atom. The van der Waals surface area contributed by atoms with Gasteiger partial charge in [0.15, 0.2) is 0 Å².